The topological polar surface area (TPSA) is 92.5 Å². The lowest BCUT2D eigenvalue weighted by Gasteiger charge is -2.31. The summed E-state index contributed by atoms with van der Waals surface area (Å²) in [4.78, 5) is 11.4. The first-order valence-corrected chi connectivity index (χ1v) is 9.18. The first kappa shape index (κ1) is 16.7. The largest absolute Gasteiger partial charge is 0.478 e. The fraction of sp³-hybridized carbons (Fsp3) is 0.375. The third-order valence-corrected chi connectivity index (χ3v) is 6.34. The Balaban J connectivity index is 1.74. The Morgan fingerprint density at radius 3 is 2.38 bits per heavy atom. The Morgan fingerprint density at radius 2 is 1.83 bits per heavy atom. The monoisotopic (exact) mass is 349 g/mol. The molecule has 1 aliphatic rings. The fourth-order valence-corrected chi connectivity index (χ4v) is 4.56. The molecule has 0 saturated carbocycles. The van der Waals surface area contributed by atoms with E-state index in [9.17, 15) is 13.2 Å². The normalized spacial score (nSPS) is 17.0. The van der Waals surface area contributed by atoms with Gasteiger partial charge in [-0.15, -0.1) is 0 Å². The number of carbonyl (C=O) groups is 1. The van der Waals surface area contributed by atoms with Crippen molar-refractivity contribution in [1.82, 2.24) is 14.1 Å². The van der Waals surface area contributed by atoms with Crippen LogP contribution in [0.4, 0.5) is 0 Å². The van der Waals surface area contributed by atoms with E-state index in [0.717, 1.165) is 0 Å². The Morgan fingerprint density at radius 1 is 1.21 bits per heavy atom. The summed E-state index contributed by atoms with van der Waals surface area (Å²) in [5.41, 5.74) is 0.793. The van der Waals surface area contributed by atoms with Gasteiger partial charge in [-0.05, 0) is 31.9 Å². The lowest BCUT2D eigenvalue weighted by Crippen LogP contribution is -2.39. The number of nitrogens with zero attached hydrogens (tertiary/aromatic N) is 3. The second kappa shape index (κ2) is 6.37. The number of rotatable bonds is 4. The van der Waals surface area contributed by atoms with E-state index < -0.39 is 16.0 Å². The highest BCUT2D eigenvalue weighted by atomic mass is 32.2. The average Bonchev–Trinajstić information content (AvgIpc) is 2.97. The predicted octanol–water partition coefficient (Wildman–Crippen LogP) is 1.92. The van der Waals surface area contributed by atoms with Gasteiger partial charge in [0.25, 0.3) is 0 Å². The molecule has 0 spiro atoms. The molecule has 0 bridgehead atoms. The molecule has 1 fully saturated rings. The quantitative estimate of drug-likeness (QED) is 0.910. The van der Waals surface area contributed by atoms with Crippen molar-refractivity contribution in [1.29, 1.82) is 0 Å². The molecule has 24 heavy (non-hydrogen) atoms. The van der Waals surface area contributed by atoms with E-state index in [1.807, 2.05) is 0 Å². The molecule has 128 valence electrons. The molecule has 2 heterocycles. The zero-order valence-electron chi connectivity index (χ0n) is 13.3. The molecule has 7 nitrogen and oxygen atoms in total. The summed E-state index contributed by atoms with van der Waals surface area (Å²) in [5.74, 6) is -0.997. The van der Waals surface area contributed by atoms with Crippen LogP contribution in [0.2, 0.25) is 0 Å². The van der Waals surface area contributed by atoms with Gasteiger partial charge in [0.15, 0.2) is 0 Å². The number of hydrogen-bond acceptors (Lipinski definition) is 4. The number of carboxylic acids is 1. The van der Waals surface area contributed by atoms with Crippen LogP contribution in [0, 0.1) is 6.92 Å². The van der Waals surface area contributed by atoms with Crippen LogP contribution < -0.4 is 0 Å². The number of piperidine rings is 1. The minimum absolute atomic E-state index is 0.0142. The SMILES string of the molecule is Cc1c(C(=O)O)cnn1C1CCN(S(=O)(=O)c2ccccc2)CC1. The third-order valence-electron chi connectivity index (χ3n) is 4.43. The van der Waals surface area contributed by atoms with E-state index >= 15 is 0 Å². The third kappa shape index (κ3) is 2.94. The minimum Gasteiger partial charge on any atom is -0.478 e. The number of aromatic nitrogens is 2. The molecule has 0 atom stereocenters. The average molecular weight is 349 g/mol. The number of carboxylic acid groups (broad SMARTS) is 1. The zero-order chi connectivity index (χ0) is 17.3. The minimum atomic E-state index is -3.48. The lowest BCUT2D eigenvalue weighted by atomic mass is 10.1. The van der Waals surface area contributed by atoms with E-state index in [2.05, 4.69) is 5.10 Å². The van der Waals surface area contributed by atoms with Gasteiger partial charge in [0, 0.05) is 13.1 Å². The van der Waals surface area contributed by atoms with E-state index in [4.69, 9.17) is 5.11 Å². The lowest BCUT2D eigenvalue weighted by molar-refractivity contribution is 0.0696. The van der Waals surface area contributed by atoms with Gasteiger partial charge in [0.2, 0.25) is 10.0 Å². The van der Waals surface area contributed by atoms with Crippen molar-refractivity contribution in [3.8, 4) is 0 Å². The van der Waals surface area contributed by atoms with Crippen LogP contribution in [-0.4, -0.2) is 46.7 Å². The Bertz CT molecular complexity index is 837. The first-order chi connectivity index (χ1) is 11.4. The van der Waals surface area contributed by atoms with Gasteiger partial charge in [-0.1, -0.05) is 18.2 Å². The van der Waals surface area contributed by atoms with Gasteiger partial charge in [-0.3, -0.25) is 4.68 Å². The van der Waals surface area contributed by atoms with E-state index in [1.165, 1.54) is 10.5 Å². The van der Waals surface area contributed by atoms with Gasteiger partial charge in [-0.25, -0.2) is 13.2 Å². The second-order valence-corrected chi connectivity index (χ2v) is 7.78. The van der Waals surface area contributed by atoms with E-state index in [1.54, 1.807) is 41.9 Å². The molecular weight excluding hydrogens is 330 g/mol. The zero-order valence-corrected chi connectivity index (χ0v) is 14.1. The molecule has 1 aromatic carbocycles. The van der Waals surface area contributed by atoms with Crippen molar-refractivity contribution < 1.29 is 18.3 Å². The molecule has 0 aliphatic carbocycles. The van der Waals surface area contributed by atoms with Gasteiger partial charge in [0.05, 0.1) is 22.8 Å². The molecule has 0 amide bonds. The Labute approximate surface area is 140 Å². The number of sulfonamides is 1. The maximum absolute atomic E-state index is 12.6. The first-order valence-electron chi connectivity index (χ1n) is 7.74. The molecule has 8 heteroatoms. The van der Waals surface area contributed by atoms with Crippen molar-refractivity contribution >= 4 is 16.0 Å². The molecule has 0 radical (unpaired) electrons. The van der Waals surface area contributed by atoms with Gasteiger partial charge in [0.1, 0.15) is 5.56 Å². The smallest absolute Gasteiger partial charge is 0.339 e. The van der Waals surface area contributed by atoms with Crippen LogP contribution in [-0.2, 0) is 10.0 Å². The van der Waals surface area contributed by atoms with Crippen molar-refractivity contribution in [3.05, 3.63) is 47.8 Å². The van der Waals surface area contributed by atoms with Crippen LogP contribution >= 0.6 is 0 Å². The molecule has 0 unspecified atom stereocenters. The summed E-state index contributed by atoms with van der Waals surface area (Å²) >= 11 is 0. The van der Waals surface area contributed by atoms with Gasteiger partial charge < -0.3 is 5.11 Å². The standard InChI is InChI=1S/C16H19N3O4S/c1-12-15(16(20)21)11-17-19(12)13-7-9-18(10-8-13)24(22,23)14-5-3-2-4-6-14/h2-6,11,13H,7-10H2,1H3,(H,20,21). The highest BCUT2D eigenvalue weighted by Crippen LogP contribution is 2.28. The molecule has 1 aliphatic heterocycles. The molecular formula is C16H19N3O4S. The highest BCUT2D eigenvalue weighted by molar-refractivity contribution is 7.89. The maximum atomic E-state index is 12.6. The van der Waals surface area contributed by atoms with Gasteiger partial charge in [-0.2, -0.15) is 9.40 Å². The summed E-state index contributed by atoms with van der Waals surface area (Å²) < 4.78 is 28.4. The summed E-state index contributed by atoms with van der Waals surface area (Å²) in [6, 6.07) is 8.41. The Kier molecular flexibility index (Phi) is 4.42. The number of benzene rings is 1. The van der Waals surface area contributed by atoms with Crippen LogP contribution in [0.25, 0.3) is 0 Å². The predicted molar refractivity (Wildman–Crippen MR) is 87.4 cm³/mol. The van der Waals surface area contributed by atoms with Crippen LogP contribution in [0.15, 0.2) is 41.4 Å². The molecule has 2 aromatic rings. The number of hydrogen-bond donors (Lipinski definition) is 1. The van der Waals surface area contributed by atoms with E-state index in [0.29, 0.717) is 36.5 Å². The Hall–Kier alpha value is -2.19. The molecule has 1 aromatic heterocycles. The van der Waals surface area contributed by atoms with E-state index in [-0.39, 0.29) is 11.6 Å². The van der Waals surface area contributed by atoms with Crippen LogP contribution in [0.1, 0.15) is 34.9 Å². The van der Waals surface area contributed by atoms with Crippen LogP contribution in [0.3, 0.4) is 0 Å². The maximum Gasteiger partial charge on any atom is 0.339 e. The summed E-state index contributed by atoms with van der Waals surface area (Å²) in [5, 5.41) is 13.3. The molecule has 3 rings (SSSR count). The van der Waals surface area contributed by atoms with Crippen molar-refractivity contribution in [3.63, 3.8) is 0 Å². The van der Waals surface area contributed by atoms with Crippen molar-refractivity contribution in [2.45, 2.75) is 30.7 Å². The summed E-state index contributed by atoms with van der Waals surface area (Å²) in [6.07, 6.45) is 2.56. The second-order valence-electron chi connectivity index (χ2n) is 5.84. The van der Waals surface area contributed by atoms with Crippen molar-refractivity contribution in [2.24, 2.45) is 0 Å². The summed E-state index contributed by atoms with van der Waals surface area (Å²) in [7, 11) is -3.48. The van der Waals surface area contributed by atoms with Gasteiger partial charge >= 0.3 is 5.97 Å². The molecule has 1 saturated heterocycles. The van der Waals surface area contributed by atoms with Crippen LogP contribution in [0.5, 0.6) is 0 Å². The van der Waals surface area contributed by atoms with Crippen molar-refractivity contribution in [2.75, 3.05) is 13.1 Å². The molecule has 1 N–H and O–H groups in total. The highest BCUT2D eigenvalue weighted by Gasteiger charge is 2.31. The summed E-state index contributed by atoms with van der Waals surface area (Å²) in [6.45, 7) is 2.51. The fourth-order valence-electron chi connectivity index (χ4n) is 3.07. The number of aromatic carboxylic acids is 1.